The van der Waals surface area contributed by atoms with E-state index >= 15 is 0 Å². The number of nitrogens with one attached hydrogen (secondary N) is 1. The summed E-state index contributed by atoms with van der Waals surface area (Å²) in [5.74, 6) is 1.46. The Hall–Kier alpha value is -1.03. The number of hydrogen-bond donors (Lipinski definition) is 1. The van der Waals surface area contributed by atoms with Crippen molar-refractivity contribution in [1.82, 2.24) is 10.2 Å². The smallest absolute Gasteiger partial charge is 0.193 e. The van der Waals surface area contributed by atoms with Crippen molar-refractivity contribution in [3.8, 4) is 0 Å². The Morgan fingerprint density at radius 2 is 2.33 bits per heavy atom. The van der Waals surface area contributed by atoms with E-state index in [1.807, 2.05) is 19.0 Å². The molecule has 84 valence electrons. The normalized spacial score (nSPS) is 13.7. The van der Waals surface area contributed by atoms with Crippen molar-refractivity contribution in [2.75, 3.05) is 27.7 Å². The average molecular weight is 225 g/mol. The van der Waals surface area contributed by atoms with Crippen molar-refractivity contribution in [3.63, 3.8) is 0 Å². The number of thiophene rings is 1. The Morgan fingerprint density at radius 1 is 1.60 bits per heavy atom. The van der Waals surface area contributed by atoms with E-state index in [4.69, 9.17) is 0 Å². The molecule has 0 saturated heterocycles. The molecule has 1 heterocycles. The molecule has 0 aliphatic carbocycles. The molecule has 0 saturated carbocycles. The molecule has 0 amide bonds. The lowest BCUT2D eigenvalue weighted by Crippen LogP contribution is -2.38. The van der Waals surface area contributed by atoms with E-state index in [0.29, 0.717) is 5.92 Å². The first-order valence-electron chi connectivity index (χ1n) is 5.06. The van der Waals surface area contributed by atoms with E-state index < -0.39 is 0 Å². The van der Waals surface area contributed by atoms with Crippen LogP contribution in [-0.2, 0) is 0 Å². The van der Waals surface area contributed by atoms with Crippen LogP contribution in [0.25, 0.3) is 0 Å². The van der Waals surface area contributed by atoms with E-state index in [9.17, 15) is 0 Å². The fraction of sp³-hybridized carbons (Fsp3) is 0.545. The van der Waals surface area contributed by atoms with Gasteiger partial charge in [-0.05, 0) is 11.4 Å². The summed E-state index contributed by atoms with van der Waals surface area (Å²) in [4.78, 5) is 7.58. The van der Waals surface area contributed by atoms with Crippen molar-refractivity contribution in [1.29, 1.82) is 0 Å². The van der Waals surface area contributed by atoms with Crippen LogP contribution in [0.4, 0.5) is 0 Å². The zero-order chi connectivity index (χ0) is 11.3. The molecule has 0 bridgehead atoms. The largest absolute Gasteiger partial charge is 0.356 e. The summed E-state index contributed by atoms with van der Waals surface area (Å²) in [6.45, 7) is 3.15. The standard InChI is InChI=1S/C11H19N3S/c1-9(10-6-5-7-15-10)8-13-11(12-2)14(3)4/h5-7,9H,8H2,1-4H3,(H,12,13). The molecule has 1 aromatic rings. The van der Waals surface area contributed by atoms with Gasteiger partial charge in [0.15, 0.2) is 5.96 Å². The van der Waals surface area contributed by atoms with Gasteiger partial charge in [0.05, 0.1) is 0 Å². The van der Waals surface area contributed by atoms with Gasteiger partial charge in [-0.1, -0.05) is 13.0 Å². The second-order valence-corrected chi connectivity index (χ2v) is 4.72. The molecule has 0 aromatic carbocycles. The van der Waals surface area contributed by atoms with Gasteiger partial charge in [-0.2, -0.15) is 0 Å². The lowest BCUT2D eigenvalue weighted by molar-refractivity contribution is 0.572. The van der Waals surface area contributed by atoms with Gasteiger partial charge in [0.2, 0.25) is 0 Å². The number of rotatable bonds is 3. The molecule has 1 aromatic heterocycles. The van der Waals surface area contributed by atoms with Crippen LogP contribution < -0.4 is 5.32 Å². The van der Waals surface area contributed by atoms with Crippen molar-refractivity contribution in [3.05, 3.63) is 22.4 Å². The van der Waals surface area contributed by atoms with Gasteiger partial charge < -0.3 is 10.2 Å². The molecule has 0 fully saturated rings. The lowest BCUT2D eigenvalue weighted by Gasteiger charge is -2.19. The Balaban J connectivity index is 2.43. The molecule has 0 spiro atoms. The van der Waals surface area contributed by atoms with E-state index in [2.05, 4.69) is 34.7 Å². The summed E-state index contributed by atoms with van der Waals surface area (Å²) < 4.78 is 0. The molecule has 15 heavy (non-hydrogen) atoms. The van der Waals surface area contributed by atoms with E-state index in [0.717, 1.165) is 12.5 Å². The van der Waals surface area contributed by atoms with Gasteiger partial charge >= 0.3 is 0 Å². The molecular weight excluding hydrogens is 206 g/mol. The third-order valence-electron chi connectivity index (χ3n) is 2.23. The lowest BCUT2D eigenvalue weighted by atomic mass is 10.1. The predicted octanol–water partition coefficient (Wildman–Crippen LogP) is 1.99. The number of guanidine groups is 1. The molecule has 1 rings (SSSR count). The Morgan fingerprint density at radius 3 is 2.80 bits per heavy atom. The first kappa shape index (κ1) is 12.0. The van der Waals surface area contributed by atoms with Crippen LogP contribution in [0.3, 0.4) is 0 Å². The number of nitrogens with zero attached hydrogens (tertiary/aromatic N) is 2. The molecule has 1 N–H and O–H groups in total. The van der Waals surface area contributed by atoms with Crippen LogP contribution in [0.1, 0.15) is 17.7 Å². The zero-order valence-electron chi connectivity index (χ0n) is 9.82. The fourth-order valence-electron chi connectivity index (χ4n) is 1.35. The Labute approximate surface area is 95.8 Å². The quantitative estimate of drug-likeness (QED) is 0.629. The molecule has 1 atom stereocenters. The van der Waals surface area contributed by atoms with E-state index in [1.165, 1.54) is 4.88 Å². The van der Waals surface area contributed by atoms with Crippen LogP contribution >= 0.6 is 11.3 Å². The third-order valence-corrected chi connectivity index (χ3v) is 3.33. The molecule has 0 aliphatic heterocycles. The minimum Gasteiger partial charge on any atom is -0.356 e. The molecule has 0 radical (unpaired) electrons. The van der Waals surface area contributed by atoms with Crippen molar-refractivity contribution < 1.29 is 0 Å². The predicted molar refractivity (Wildman–Crippen MR) is 67.8 cm³/mol. The van der Waals surface area contributed by atoms with E-state index in [-0.39, 0.29) is 0 Å². The molecule has 0 aliphatic rings. The highest BCUT2D eigenvalue weighted by molar-refractivity contribution is 7.10. The maximum absolute atomic E-state index is 4.18. The summed E-state index contributed by atoms with van der Waals surface area (Å²) in [6, 6.07) is 4.27. The summed E-state index contributed by atoms with van der Waals surface area (Å²) in [6.07, 6.45) is 0. The van der Waals surface area contributed by atoms with Gasteiger partial charge in [0, 0.05) is 38.5 Å². The Kier molecular flexibility index (Phi) is 4.62. The molecule has 1 unspecified atom stereocenters. The van der Waals surface area contributed by atoms with Crippen molar-refractivity contribution >= 4 is 17.3 Å². The molecular formula is C11H19N3S. The van der Waals surface area contributed by atoms with Crippen molar-refractivity contribution in [2.45, 2.75) is 12.8 Å². The highest BCUT2D eigenvalue weighted by atomic mass is 32.1. The molecule has 4 heteroatoms. The third kappa shape index (κ3) is 3.55. The second kappa shape index (κ2) is 5.75. The van der Waals surface area contributed by atoms with E-state index in [1.54, 1.807) is 18.4 Å². The van der Waals surface area contributed by atoms with Crippen molar-refractivity contribution in [2.24, 2.45) is 4.99 Å². The summed E-state index contributed by atoms with van der Waals surface area (Å²) in [5, 5.41) is 5.46. The topological polar surface area (TPSA) is 27.6 Å². The van der Waals surface area contributed by atoms with Gasteiger partial charge in [0.1, 0.15) is 0 Å². The minimum atomic E-state index is 0.529. The fourth-order valence-corrected chi connectivity index (χ4v) is 2.14. The minimum absolute atomic E-state index is 0.529. The average Bonchev–Trinajstić information content (AvgIpc) is 2.70. The summed E-state index contributed by atoms with van der Waals surface area (Å²) in [5.41, 5.74) is 0. The summed E-state index contributed by atoms with van der Waals surface area (Å²) >= 11 is 1.81. The first-order chi connectivity index (χ1) is 7.15. The second-order valence-electron chi connectivity index (χ2n) is 3.74. The highest BCUT2D eigenvalue weighted by Crippen LogP contribution is 2.19. The first-order valence-corrected chi connectivity index (χ1v) is 5.94. The van der Waals surface area contributed by atoms with Crippen LogP contribution in [-0.4, -0.2) is 38.5 Å². The summed E-state index contributed by atoms with van der Waals surface area (Å²) in [7, 11) is 5.79. The van der Waals surface area contributed by atoms with Crippen LogP contribution in [0, 0.1) is 0 Å². The van der Waals surface area contributed by atoms with Gasteiger partial charge in [0.25, 0.3) is 0 Å². The molecule has 3 nitrogen and oxygen atoms in total. The van der Waals surface area contributed by atoms with Gasteiger partial charge in [-0.3, -0.25) is 4.99 Å². The zero-order valence-corrected chi connectivity index (χ0v) is 10.6. The number of aliphatic imine (C=N–C) groups is 1. The van der Waals surface area contributed by atoms with Crippen LogP contribution in [0.5, 0.6) is 0 Å². The Bertz CT molecular complexity index is 304. The number of hydrogen-bond acceptors (Lipinski definition) is 2. The van der Waals surface area contributed by atoms with Gasteiger partial charge in [-0.15, -0.1) is 11.3 Å². The highest BCUT2D eigenvalue weighted by Gasteiger charge is 2.07. The maximum atomic E-state index is 4.18. The van der Waals surface area contributed by atoms with Crippen LogP contribution in [0.15, 0.2) is 22.5 Å². The van der Waals surface area contributed by atoms with Gasteiger partial charge in [-0.25, -0.2) is 0 Å². The SMILES string of the molecule is CN=C(NCC(C)c1cccs1)N(C)C. The van der Waals surface area contributed by atoms with Crippen LogP contribution in [0.2, 0.25) is 0 Å². The maximum Gasteiger partial charge on any atom is 0.193 e. The monoisotopic (exact) mass is 225 g/mol.